The van der Waals surface area contributed by atoms with Gasteiger partial charge >= 0.3 is 29.6 Å². The summed E-state index contributed by atoms with van der Waals surface area (Å²) in [5.74, 6) is 0. The molecule has 0 amide bonds. The molecule has 0 spiro atoms. The Labute approximate surface area is 152 Å². The maximum absolute atomic E-state index is 3.06. The van der Waals surface area contributed by atoms with Crippen molar-refractivity contribution in [3.63, 3.8) is 0 Å². The SMILES string of the molecule is PC(c1ccccc1)(c1ccccc1)c1ccccc1.[H-].[Na+]. The van der Waals surface area contributed by atoms with Crippen LogP contribution in [0.1, 0.15) is 18.1 Å². The molecule has 0 aliphatic heterocycles. The third kappa shape index (κ3) is 3.30. The van der Waals surface area contributed by atoms with Crippen molar-refractivity contribution in [3.8, 4) is 0 Å². The molecule has 0 radical (unpaired) electrons. The summed E-state index contributed by atoms with van der Waals surface area (Å²) >= 11 is 0. The van der Waals surface area contributed by atoms with Gasteiger partial charge in [0.05, 0.1) is 5.16 Å². The Morgan fingerprint density at radius 1 is 0.524 bits per heavy atom. The van der Waals surface area contributed by atoms with Crippen LogP contribution in [0.25, 0.3) is 0 Å². The van der Waals surface area contributed by atoms with Gasteiger partial charge in [0, 0.05) is 0 Å². The first-order chi connectivity index (χ1) is 9.82. The first kappa shape index (κ1) is 16.5. The summed E-state index contributed by atoms with van der Waals surface area (Å²) in [6.45, 7) is 0. The largest absolute Gasteiger partial charge is 1.00 e. The van der Waals surface area contributed by atoms with Crippen LogP contribution in [0.5, 0.6) is 0 Å². The molecule has 0 heterocycles. The zero-order valence-corrected chi connectivity index (χ0v) is 15.4. The normalized spacial score (nSPS) is 10.7. The molecule has 0 aliphatic carbocycles. The van der Waals surface area contributed by atoms with Crippen molar-refractivity contribution in [2.24, 2.45) is 0 Å². The number of hydrogen-bond acceptors (Lipinski definition) is 0. The van der Waals surface area contributed by atoms with Crippen LogP contribution in [0.4, 0.5) is 0 Å². The summed E-state index contributed by atoms with van der Waals surface area (Å²) in [4.78, 5) is 0. The summed E-state index contributed by atoms with van der Waals surface area (Å²) in [5, 5.41) is -0.205. The fourth-order valence-electron chi connectivity index (χ4n) is 2.60. The van der Waals surface area contributed by atoms with Crippen LogP contribution in [-0.4, -0.2) is 0 Å². The molecule has 1 atom stereocenters. The second kappa shape index (κ2) is 7.38. The summed E-state index contributed by atoms with van der Waals surface area (Å²) in [7, 11) is 3.06. The minimum Gasteiger partial charge on any atom is -1.00 e. The monoisotopic (exact) mass is 300 g/mol. The van der Waals surface area contributed by atoms with Crippen LogP contribution in [0.2, 0.25) is 0 Å². The molecule has 0 saturated carbocycles. The van der Waals surface area contributed by atoms with Crippen LogP contribution in [0, 0.1) is 0 Å². The van der Waals surface area contributed by atoms with E-state index in [1.807, 2.05) is 0 Å². The summed E-state index contributed by atoms with van der Waals surface area (Å²) in [5.41, 5.74) is 3.84. The first-order valence-corrected chi connectivity index (χ1v) is 7.35. The second-order valence-corrected chi connectivity index (χ2v) is 5.77. The fourth-order valence-corrected chi connectivity index (χ4v) is 3.18. The quantitative estimate of drug-likeness (QED) is 0.394. The molecule has 3 aromatic rings. The van der Waals surface area contributed by atoms with E-state index in [1.165, 1.54) is 16.7 Å². The van der Waals surface area contributed by atoms with Crippen molar-refractivity contribution in [1.82, 2.24) is 0 Å². The van der Waals surface area contributed by atoms with Gasteiger partial charge in [0.25, 0.3) is 0 Å². The Kier molecular flexibility index (Phi) is 5.79. The topological polar surface area (TPSA) is 0 Å². The van der Waals surface area contributed by atoms with Crippen LogP contribution in [0.15, 0.2) is 91.0 Å². The second-order valence-electron chi connectivity index (χ2n) is 4.91. The third-order valence-electron chi connectivity index (χ3n) is 3.69. The molecule has 3 aromatic carbocycles. The number of rotatable bonds is 3. The Hall–Kier alpha value is -0.910. The Balaban J connectivity index is 0.00000121. The van der Waals surface area contributed by atoms with Gasteiger partial charge < -0.3 is 1.43 Å². The molecule has 0 fully saturated rings. The maximum atomic E-state index is 3.06. The summed E-state index contributed by atoms with van der Waals surface area (Å²) in [6, 6.07) is 31.9. The Morgan fingerprint density at radius 3 is 1.00 bits per heavy atom. The van der Waals surface area contributed by atoms with Gasteiger partial charge in [0.1, 0.15) is 0 Å². The van der Waals surface area contributed by atoms with E-state index in [1.54, 1.807) is 0 Å². The van der Waals surface area contributed by atoms with Gasteiger partial charge in [-0.25, -0.2) is 0 Å². The van der Waals surface area contributed by atoms with E-state index in [0.717, 1.165) is 0 Å². The van der Waals surface area contributed by atoms with E-state index in [-0.39, 0.29) is 36.1 Å². The van der Waals surface area contributed by atoms with Crippen LogP contribution >= 0.6 is 9.24 Å². The standard InChI is InChI=1S/C19H17P.Na.H/c20-19(16-10-4-1-5-11-16,17-12-6-2-7-13-17)18-14-8-3-9-15-18;;/h1-15H,20H2;;/q;+1;-1. The van der Waals surface area contributed by atoms with E-state index < -0.39 is 0 Å². The van der Waals surface area contributed by atoms with Crippen LogP contribution < -0.4 is 29.6 Å². The van der Waals surface area contributed by atoms with E-state index in [9.17, 15) is 0 Å². The molecule has 21 heavy (non-hydrogen) atoms. The van der Waals surface area contributed by atoms with Crippen molar-refractivity contribution in [2.45, 2.75) is 5.16 Å². The maximum Gasteiger partial charge on any atom is 1.00 e. The van der Waals surface area contributed by atoms with Crippen molar-refractivity contribution < 1.29 is 31.0 Å². The fraction of sp³-hybridized carbons (Fsp3) is 0.0526. The van der Waals surface area contributed by atoms with E-state index in [0.29, 0.717) is 0 Å². The zero-order valence-electron chi connectivity index (χ0n) is 13.2. The van der Waals surface area contributed by atoms with E-state index in [2.05, 4.69) is 100 Å². The van der Waals surface area contributed by atoms with Crippen molar-refractivity contribution in [2.75, 3.05) is 0 Å². The number of hydrogen-bond donors (Lipinski definition) is 0. The molecular formula is C19H18NaP. The van der Waals surface area contributed by atoms with Crippen molar-refractivity contribution in [3.05, 3.63) is 108 Å². The molecular weight excluding hydrogens is 282 g/mol. The van der Waals surface area contributed by atoms with Gasteiger partial charge in [-0.15, -0.1) is 9.24 Å². The minimum absolute atomic E-state index is 0. The molecule has 0 nitrogen and oxygen atoms in total. The van der Waals surface area contributed by atoms with Gasteiger partial charge in [-0.2, -0.15) is 0 Å². The molecule has 1 unspecified atom stereocenters. The molecule has 0 saturated heterocycles. The molecule has 0 N–H and O–H groups in total. The molecule has 100 valence electrons. The van der Waals surface area contributed by atoms with Crippen LogP contribution in [0.3, 0.4) is 0 Å². The first-order valence-electron chi connectivity index (χ1n) is 6.77. The average molecular weight is 300 g/mol. The van der Waals surface area contributed by atoms with Crippen molar-refractivity contribution in [1.29, 1.82) is 0 Å². The molecule has 0 aliphatic rings. The Bertz CT molecular complexity index is 575. The minimum atomic E-state index is -0.205. The van der Waals surface area contributed by atoms with Gasteiger partial charge in [-0.05, 0) is 16.7 Å². The molecule has 0 aromatic heterocycles. The summed E-state index contributed by atoms with van der Waals surface area (Å²) in [6.07, 6.45) is 0. The van der Waals surface area contributed by atoms with Gasteiger partial charge in [-0.3, -0.25) is 0 Å². The predicted octanol–water partition coefficient (Wildman–Crippen LogP) is 1.97. The Morgan fingerprint density at radius 2 is 0.762 bits per heavy atom. The van der Waals surface area contributed by atoms with Gasteiger partial charge in [-0.1, -0.05) is 91.0 Å². The van der Waals surface area contributed by atoms with E-state index >= 15 is 0 Å². The number of benzene rings is 3. The van der Waals surface area contributed by atoms with E-state index in [4.69, 9.17) is 0 Å². The van der Waals surface area contributed by atoms with Crippen molar-refractivity contribution >= 4 is 9.24 Å². The summed E-state index contributed by atoms with van der Waals surface area (Å²) < 4.78 is 0. The zero-order chi connectivity index (χ0) is 13.8. The predicted molar refractivity (Wildman–Crippen MR) is 90.0 cm³/mol. The van der Waals surface area contributed by atoms with Gasteiger partial charge in [0.15, 0.2) is 0 Å². The molecule has 2 heteroatoms. The smallest absolute Gasteiger partial charge is 1.00 e. The van der Waals surface area contributed by atoms with Crippen LogP contribution in [-0.2, 0) is 5.16 Å². The third-order valence-corrected chi connectivity index (χ3v) is 4.69. The average Bonchev–Trinajstić information content (AvgIpc) is 2.56. The molecule has 0 bridgehead atoms. The van der Waals surface area contributed by atoms with Gasteiger partial charge in [0.2, 0.25) is 0 Å². The molecule has 3 rings (SSSR count).